The maximum absolute atomic E-state index is 3.47. The van der Waals surface area contributed by atoms with Crippen LogP contribution in [0.4, 0.5) is 0 Å². The van der Waals surface area contributed by atoms with Crippen LogP contribution in [0.1, 0.15) is 5.56 Å². The van der Waals surface area contributed by atoms with Crippen LogP contribution in [0.25, 0.3) is 20.9 Å². The fourth-order valence-electron chi connectivity index (χ4n) is 1.98. The molecule has 0 bridgehead atoms. The highest BCUT2D eigenvalue weighted by atomic mass is 79.9. The Bertz CT molecular complexity index is 618. The van der Waals surface area contributed by atoms with Gasteiger partial charge in [0.25, 0.3) is 0 Å². The highest BCUT2D eigenvalue weighted by molar-refractivity contribution is 9.10. The van der Waals surface area contributed by atoms with E-state index in [9.17, 15) is 0 Å². The van der Waals surface area contributed by atoms with Crippen LogP contribution in [-0.2, 0) is 0 Å². The number of halogens is 1. The van der Waals surface area contributed by atoms with E-state index in [-0.39, 0.29) is 0 Å². The molecule has 0 aliphatic rings. The van der Waals surface area contributed by atoms with E-state index in [0.29, 0.717) is 0 Å². The predicted molar refractivity (Wildman–Crippen MR) is 87.6 cm³/mol. The van der Waals surface area contributed by atoms with E-state index in [1.54, 1.807) is 0 Å². The lowest BCUT2D eigenvalue weighted by molar-refractivity contribution is 1.48. The van der Waals surface area contributed by atoms with E-state index in [0.717, 1.165) is 4.47 Å². The Hall–Kier alpha value is -1.38. The van der Waals surface area contributed by atoms with Crippen molar-refractivity contribution in [2.24, 2.45) is 0 Å². The van der Waals surface area contributed by atoms with Gasteiger partial charge in [-0.2, -0.15) is 0 Å². The molecule has 0 atom stereocenters. The Kier molecular flexibility index (Phi) is 3.54. The van der Waals surface area contributed by atoms with Gasteiger partial charge in [0.15, 0.2) is 0 Å². The number of rotatable bonds is 2. The summed E-state index contributed by atoms with van der Waals surface area (Å²) in [6.07, 6.45) is 0. The molecular weight excluding hydrogens is 316 g/mol. The van der Waals surface area contributed by atoms with Gasteiger partial charge < -0.3 is 0 Å². The van der Waals surface area contributed by atoms with Crippen molar-refractivity contribution in [3.8, 4) is 20.9 Å². The molecule has 0 saturated carbocycles. The Morgan fingerprint density at radius 3 is 1.68 bits per heavy atom. The first-order chi connectivity index (χ1) is 9.22. The minimum Gasteiger partial charge on any atom is -0.135 e. The smallest absolute Gasteiger partial charge is 0.0349 e. The molecule has 0 amide bonds. The van der Waals surface area contributed by atoms with Crippen molar-refractivity contribution in [2.45, 2.75) is 6.92 Å². The summed E-state index contributed by atoms with van der Waals surface area (Å²) in [5, 5.41) is 0. The van der Waals surface area contributed by atoms with E-state index in [1.807, 2.05) is 11.3 Å². The SMILES string of the molecule is Cc1ccc(-c2ccc(-c3ccc(Br)cc3)s2)cc1. The molecule has 0 aliphatic heterocycles. The maximum atomic E-state index is 3.47. The molecule has 0 aliphatic carbocycles. The number of aryl methyl sites for hydroxylation is 1. The fraction of sp³-hybridized carbons (Fsp3) is 0.0588. The second-order valence-corrected chi connectivity index (χ2v) is 6.54. The summed E-state index contributed by atoms with van der Waals surface area (Å²) in [6, 6.07) is 21.6. The van der Waals surface area contributed by atoms with Gasteiger partial charge in [0.2, 0.25) is 0 Å². The Morgan fingerprint density at radius 1 is 0.684 bits per heavy atom. The third-order valence-electron chi connectivity index (χ3n) is 3.07. The maximum Gasteiger partial charge on any atom is 0.0349 e. The first-order valence-corrected chi connectivity index (χ1v) is 7.76. The molecule has 0 nitrogen and oxygen atoms in total. The van der Waals surface area contributed by atoms with Crippen molar-refractivity contribution >= 4 is 27.3 Å². The van der Waals surface area contributed by atoms with Crippen LogP contribution in [0.5, 0.6) is 0 Å². The average molecular weight is 329 g/mol. The highest BCUT2D eigenvalue weighted by Crippen LogP contribution is 2.34. The Morgan fingerprint density at radius 2 is 1.16 bits per heavy atom. The average Bonchev–Trinajstić information content (AvgIpc) is 2.90. The van der Waals surface area contributed by atoms with Gasteiger partial charge in [-0.25, -0.2) is 0 Å². The molecular formula is C17H13BrS. The zero-order valence-electron chi connectivity index (χ0n) is 10.6. The lowest BCUT2D eigenvalue weighted by Crippen LogP contribution is -1.73. The molecule has 1 aromatic heterocycles. The molecule has 0 saturated heterocycles. The molecule has 2 heteroatoms. The largest absolute Gasteiger partial charge is 0.135 e. The van der Waals surface area contributed by atoms with Gasteiger partial charge in [-0.1, -0.05) is 57.9 Å². The summed E-state index contributed by atoms with van der Waals surface area (Å²) in [5.74, 6) is 0. The van der Waals surface area contributed by atoms with E-state index in [2.05, 4.69) is 83.5 Å². The van der Waals surface area contributed by atoms with Crippen molar-refractivity contribution in [1.29, 1.82) is 0 Å². The quantitative estimate of drug-likeness (QED) is 0.529. The van der Waals surface area contributed by atoms with Crippen LogP contribution in [0.2, 0.25) is 0 Å². The van der Waals surface area contributed by atoms with Gasteiger partial charge in [0, 0.05) is 14.2 Å². The summed E-state index contributed by atoms with van der Waals surface area (Å²) in [5.41, 5.74) is 3.86. The van der Waals surface area contributed by atoms with Gasteiger partial charge in [-0.3, -0.25) is 0 Å². The fourth-order valence-corrected chi connectivity index (χ4v) is 3.26. The molecule has 0 radical (unpaired) electrons. The lowest BCUT2D eigenvalue weighted by Gasteiger charge is -1.99. The number of thiophene rings is 1. The van der Waals surface area contributed by atoms with Gasteiger partial charge in [0.05, 0.1) is 0 Å². The molecule has 1 heterocycles. The summed E-state index contributed by atoms with van der Waals surface area (Å²) in [4.78, 5) is 2.63. The van der Waals surface area contributed by atoms with Crippen LogP contribution < -0.4 is 0 Å². The van der Waals surface area contributed by atoms with Crippen molar-refractivity contribution in [3.63, 3.8) is 0 Å². The zero-order valence-corrected chi connectivity index (χ0v) is 13.0. The molecule has 3 rings (SSSR count). The lowest BCUT2D eigenvalue weighted by atomic mass is 10.1. The third-order valence-corrected chi connectivity index (χ3v) is 4.78. The Balaban J connectivity index is 1.95. The Labute approximate surface area is 125 Å². The van der Waals surface area contributed by atoms with E-state index < -0.39 is 0 Å². The summed E-state index contributed by atoms with van der Waals surface area (Å²) < 4.78 is 1.12. The van der Waals surface area contributed by atoms with Crippen LogP contribution in [0, 0.1) is 6.92 Å². The minimum absolute atomic E-state index is 1.12. The summed E-state index contributed by atoms with van der Waals surface area (Å²) >= 11 is 5.31. The van der Waals surface area contributed by atoms with Crippen molar-refractivity contribution in [3.05, 3.63) is 70.7 Å². The van der Waals surface area contributed by atoms with Crippen LogP contribution in [0.15, 0.2) is 65.1 Å². The normalized spacial score (nSPS) is 10.6. The standard InChI is InChI=1S/C17H13BrS/c1-12-2-4-13(5-3-12)16-10-11-17(19-16)14-6-8-15(18)9-7-14/h2-11H,1H3. The molecule has 0 unspecified atom stereocenters. The van der Waals surface area contributed by atoms with E-state index in [1.165, 1.54) is 26.4 Å². The van der Waals surface area contributed by atoms with Crippen LogP contribution in [0.3, 0.4) is 0 Å². The van der Waals surface area contributed by atoms with Crippen LogP contribution in [-0.4, -0.2) is 0 Å². The number of benzene rings is 2. The third kappa shape index (κ3) is 2.80. The monoisotopic (exact) mass is 328 g/mol. The number of hydrogen-bond donors (Lipinski definition) is 0. The highest BCUT2D eigenvalue weighted by Gasteiger charge is 2.04. The van der Waals surface area contributed by atoms with Crippen molar-refractivity contribution in [2.75, 3.05) is 0 Å². The van der Waals surface area contributed by atoms with E-state index in [4.69, 9.17) is 0 Å². The van der Waals surface area contributed by atoms with E-state index >= 15 is 0 Å². The van der Waals surface area contributed by atoms with Gasteiger partial charge >= 0.3 is 0 Å². The minimum atomic E-state index is 1.12. The first kappa shape index (κ1) is 12.6. The number of hydrogen-bond acceptors (Lipinski definition) is 1. The second-order valence-electron chi connectivity index (χ2n) is 4.54. The molecule has 3 aromatic rings. The molecule has 0 N–H and O–H groups in total. The molecule has 94 valence electrons. The molecule has 19 heavy (non-hydrogen) atoms. The van der Waals surface area contributed by atoms with Gasteiger partial charge in [-0.05, 0) is 42.3 Å². The predicted octanol–water partition coefficient (Wildman–Crippen LogP) is 6.15. The van der Waals surface area contributed by atoms with Crippen molar-refractivity contribution in [1.82, 2.24) is 0 Å². The summed E-state index contributed by atoms with van der Waals surface area (Å²) in [6.45, 7) is 2.12. The first-order valence-electron chi connectivity index (χ1n) is 6.15. The zero-order chi connectivity index (χ0) is 13.2. The summed E-state index contributed by atoms with van der Waals surface area (Å²) in [7, 11) is 0. The van der Waals surface area contributed by atoms with Crippen LogP contribution >= 0.6 is 27.3 Å². The second kappa shape index (κ2) is 5.32. The van der Waals surface area contributed by atoms with Gasteiger partial charge in [0.1, 0.15) is 0 Å². The van der Waals surface area contributed by atoms with Gasteiger partial charge in [-0.15, -0.1) is 11.3 Å². The molecule has 2 aromatic carbocycles. The van der Waals surface area contributed by atoms with Crippen molar-refractivity contribution < 1.29 is 0 Å². The molecule has 0 fully saturated rings. The molecule has 0 spiro atoms. The topological polar surface area (TPSA) is 0 Å².